The normalized spacial score (nSPS) is 11.8. The number of anilines is 1. The van der Waals surface area contributed by atoms with E-state index in [1.165, 1.54) is 4.90 Å². The van der Waals surface area contributed by atoms with Crippen molar-refractivity contribution in [2.45, 2.75) is 24.3 Å². The van der Waals surface area contributed by atoms with Crippen LogP contribution in [0, 0.1) is 12.3 Å². The molecule has 0 aromatic heterocycles. The SMILES string of the molecule is C#CC(CC)Nc1ccccc1SC. The van der Waals surface area contributed by atoms with E-state index in [1.54, 1.807) is 11.8 Å². The molecule has 0 saturated heterocycles. The Morgan fingerprint density at radius 2 is 2.21 bits per heavy atom. The fourth-order valence-electron chi connectivity index (χ4n) is 1.21. The van der Waals surface area contributed by atoms with Crippen LogP contribution in [0.4, 0.5) is 5.69 Å². The first kappa shape index (κ1) is 11.0. The minimum atomic E-state index is 0.128. The Balaban J connectivity index is 2.80. The molecule has 0 spiro atoms. The highest BCUT2D eigenvalue weighted by molar-refractivity contribution is 7.98. The number of hydrogen-bond donors (Lipinski definition) is 1. The van der Waals surface area contributed by atoms with Crippen molar-refractivity contribution in [1.29, 1.82) is 0 Å². The predicted octanol–water partition coefficient (Wildman–Crippen LogP) is 3.23. The molecule has 0 radical (unpaired) electrons. The van der Waals surface area contributed by atoms with Crippen molar-refractivity contribution in [3.05, 3.63) is 24.3 Å². The lowest BCUT2D eigenvalue weighted by Crippen LogP contribution is -2.15. The molecule has 0 bridgehead atoms. The van der Waals surface area contributed by atoms with Gasteiger partial charge in [0.25, 0.3) is 0 Å². The molecule has 1 atom stereocenters. The molecule has 1 aromatic rings. The number of nitrogens with one attached hydrogen (secondary N) is 1. The summed E-state index contributed by atoms with van der Waals surface area (Å²) >= 11 is 1.73. The molecule has 14 heavy (non-hydrogen) atoms. The summed E-state index contributed by atoms with van der Waals surface area (Å²) in [5.41, 5.74) is 1.13. The van der Waals surface area contributed by atoms with Gasteiger partial charge in [0, 0.05) is 10.6 Å². The van der Waals surface area contributed by atoms with Crippen molar-refractivity contribution in [2.75, 3.05) is 11.6 Å². The Hall–Kier alpha value is -1.07. The zero-order valence-corrected chi connectivity index (χ0v) is 9.40. The van der Waals surface area contributed by atoms with Gasteiger partial charge in [-0.15, -0.1) is 18.2 Å². The number of benzene rings is 1. The number of terminal acetylenes is 1. The summed E-state index contributed by atoms with van der Waals surface area (Å²) < 4.78 is 0. The van der Waals surface area contributed by atoms with Crippen LogP contribution in [0.5, 0.6) is 0 Å². The molecule has 1 rings (SSSR count). The molecule has 0 aliphatic carbocycles. The average Bonchev–Trinajstić information content (AvgIpc) is 2.26. The largest absolute Gasteiger partial charge is 0.371 e. The molecule has 0 aliphatic heterocycles. The molecule has 1 N–H and O–H groups in total. The Bertz CT molecular complexity index is 327. The molecule has 0 aliphatic rings. The van der Waals surface area contributed by atoms with Crippen LogP contribution in [0.15, 0.2) is 29.2 Å². The van der Waals surface area contributed by atoms with E-state index in [9.17, 15) is 0 Å². The van der Waals surface area contributed by atoms with Gasteiger partial charge in [-0.1, -0.05) is 25.0 Å². The monoisotopic (exact) mass is 205 g/mol. The highest BCUT2D eigenvalue weighted by atomic mass is 32.2. The molecule has 0 saturated carbocycles. The molecule has 74 valence electrons. The van der Waals surface area contributed by atoms with Crippen molar-refractivity contribution in [3.63, 3.8) is 0 Å². The number of hydrogen-bond acceptors (Lipinski definition) is 2. The van der Waals surface area contributed by atoms with Gasteiger partial charge < -0.3 is 5.32 Å². The van der Waals surface area contributed by atoms with Crippen LogP contribution in [0.3, 0.4) is 0 Å². The maximum atomic E-state index is 5.40. The highest BCUT2D eigenvalue weighted by Gasteiger charge is 2.04. The molecule has 2 heteroatoms. The van der Waals surface area contributed by atoms with E-state index in [4.69, 9.17) is 6.42 Å². The van der Waals surface area contributed by atoms with E-state index in [1.807, 2.05) is 12.1 Å². The Morgan fingerprint density at radius 3 is 2.79 bits per heavy atom. The molecule has 0 amide bonds. The van der Waals surface area contributed by atoms with E-state index >= 15 is 0 Å². The smallest absolute Gasteiger partial charge is 0.0871 e. The average molecular weight is 205 g/mol. The van der Waals surface area contributed by atoms with E-state index in [-0.39, 0.29) is 6.04 Å². The van der Waals surface area contributed by atoms with Gasteiger partial charge in [0.1, 0.15) is 0 Å². The minimum absolute atomic E-state index is 0.128. The molecule has 1 aromatic carbocycles. The zero-order chi connectivity index (χ0) is 10.4. The van der Waals surface area contributed by atoms with Crippen molar-refractivity contribution < 1.29 is 0 Å². The molecular weight excluding hydrogens is 190 g/mol. The van der Waals surface area contributed by atoms with Crippen LogP contribution in [0.2, 0.25) is 0 Å². The first-order valence-corrected chi connectivity index (χ1v) is 5.90. The fraction of sp³-hybridized carbons (Fsp3) is 0.333. The summed E-state index contributed by atoms with van der Waals surface area (Å²) in [6.45, 7) is 2.08. The molecule has 1 nitrogen and oxygen atoms in total. The lowest BCUT2D eigenvalue weighted by molar-refractivity contribution is 0.854. The van der Waals surface area contributed by atoms with Gasteiger partial charge in [-0.05, 0) is 24.8 Å². The summed E-state index contributed by atoms with van der Waals surface area (Å²) in [7, 11) is 0. The first-order chi connectivity index (χ1) is 6.81. The number of thioether (sulfide) groups is 1. The van der Waals surface area contributed by atoms with Crippen molar-refractivity contribution >= 4 is 17.4 Å². The van der Waals surface area contributed by atoms with E-state index < -0.39 is 0 Å². The van der Waals surface area contributed by atoms with Gasteiger partial charge in [0.15, 0.2) is 0 Å². The summed E-state index contributed by atoms with van der Waals surface area (Å²) in [6, 6.07) is 8.34. The summed E-state index contributed by atoms with van der Waals surface area (Å²) in [5, 5.41) is 3.34. The van der Waals surface area contributed by atoms with Crippen LogP contribution in [-0.4, -0.2) is 12.3 Å². The standard InChI is InChI=1S/C12H15NS/c1-4-10(5-2)13-11-8-6-7-9-12(11)14-3/h1,6-10,13H,5H2,2-3H3. The quantitative estimate of drug-likeness (QED) is 0.598. The van der Waals surface area contributed by atoms with Gasteiger partial charge in [0.2, 0.25) is 0 Å². The number of para-hydroxylation sites is 1. The predicted molar refractivity (Wildman–Crippen MR) is 64.8 cm³/mol. The lowest BCUT2D eigenvalue weighted by atomic mass is 10.2. The van der Waals surface area contributed by atoms with Crippen LogP contribution in [-0.2, 0) is 0 Å². The Labute approximate surface area is 90.3 Å². The van der Waals surface area contributed by atoms with Gasteiger partial charge >= 0.3 is 0 Å². The third kappa shape index (κ3) is 2.71. The number of rotatable bonds is 4. The Kier molecular flexibility index (Phi) is 4.42. The van der Waals surface area contributed by atoms with Gasteiger partial charge in [0.05, 0.1) is 6.04 Å². The van der Waals surface area contributed by atoms with Crippen LogP contribution >= 0.6 is 11.8 Å². The van der Waals surface area contributed by atoms with Crippen molar-refractivity contribution in [3.8, 4) is 12.3 Å². The lowest BCUT2D eigenvalue weighted by Gasteiger charge is -2.14. The van der Waals surface area contributed by atoms with Gasteiger partial charge in [-0.2, -0.15) is 0 Å². The maximum absolute atomic E-state index is 5.40. The summed E-state index contributed by atoms with van der Waals surface area (Å²) in [6.07, 6.45) is 8.41. The van der Waals surface area contributed by atoms with Gasteiger partial charge in [-0.25, -0.2) is 0 Å². The highest BCUT2D eigenvalue weighted by Crippen LogP contribution is 2.25. The van der Waals surface area contributed by atoms with Crippen LogP contribution in [0.1, 0.15) is 13.3 Å². The molecule has 1 unspecified atom stereocenters. The van der Waals surface area contributed by atoms with Crippen LogP contribution in [0.25, 0.3) is 0 Å². The second-order valence-electron chi connectivity index (χ2n) is 2.97. The van der Waals surface area contributed by atoms with E-state index in [0.29, 0.717) is 0 Å². The molecular formula is C12H15NS. The maximum Gasteiger partial charge on any atom is 0.0871 e. The van der Waals surface area contributed by atoms with Crippen LogP contribution < -0.4 is 5.32 Å². The summed E-state index contributed by atoms with van der Waals surface area (Å²) in [5.74, 6) is 2.73. The molecule has 0 heterocycles. The fourth-order valence-corrected chi connectivity index (χ4v) is 1.77. The third-order valence-corrected chi connectivity index (χ3v) is 2.84. The topological polar surface area (TPSA) is 12.0 Å². The summed E-state index contributed by atoms with van der Waals surface area (Å²) in [4.78, 5) is 1.24. The van der Waals surface area contributed by atoms with Crippen molar-refractivity contribution in [1.82, 2.24) is 0 Å². The van der Waals surface area contributed by atoms with Gasteiger partial charge in [-0.3, -0.25) is 0 Å². The second-order valence-corrected chi connectivity index (χ2v) is 3.82. The molecule has 0 fully saturated rings. The van der Waals surface area contributed by atoms with E-state index in [2.05, 4.69) is 36.5 Å². The minimum Gasteiger partial charge on any atom is -0.371 e. The zero-order valence-electron chi connectivity index (χ0n) is 8.58. The third-order valence-electron chi connectivity index (χ3n) is 2.05. The van der Waals surface area contributed by atoms with E-state index in [0.717, 1.165) is 12.1 Å². The van der Waals surface area contributed by atoms with Crippen molar-refractivity contribution in [2.24, 2.45) is 0 Å². The Morgan fingerprint density at radius 1 is 1.50 bits per heavy atom. The second kappa shape index (κ2) is 5.62. The first-order valence-electron chi connectivity index (χ1n) is 4.67.